The van der Waals surface area contributed by atoms with Gasteiger partial charge in [0.1, 0.15) is 11.9 Å². The summed E-state index contributed by atoms with van der Waals surface area (Å²) >= 11 is 0. The van der Waals surface area contributed by atoms with Crippen LogP contribution in [0.5, 0.6) is 0 Å². The molecule has 3 rings (SSSR count). The molecule has 1 unspecified atom stereocenters. The third-order valence-corrected chi connectivity index (χ3v) is 4.29. The number of pyridine rings is 1. The molecule has 122 valence electrons. The highest BCUT2D eigenvalue weighted by Gasteiger charge is 2.29. The summed E-state index contributed by atoms with van der Waals surface area (Å²) in [5.41, 5.74) is 1.78. The van der Waals surface area contributed by atoms with E-state index in [-0.39, 0.29) is 11.8 Å². The fourth-order valence-electron chi connectivity index (χ4n) is 2.99. The van der Waals surface area contributed by atoms with Gasteiger partial charge in [-0.1, -0.05) is 30.3 Å². The summed E-state index contributed by atoms with van der Waals surface area (Å²) in [6.45, 7) is 2.17. The van der Waals surface area contributed by atoms with Crippen molar-refractivity contribution in [3.63, 3.8) is 0 Å². The first-order chi connectivity index (χ1) is 11.8. The summed E-state index contributed by atoms with van der Waals surface area (Å²) in [7, 11) is 0. The molecule has 1 atom stereocenters. The molecule has 5 heteroatoms. The third kappa shape index (κ3) is 3.90. The number of carbonyl (C=O) groups is 1. The van der Waals surface area contributed by atoms with Crippen LogP contribution in [0, 0.1) is 17.2 Å². The first-order valence-electron chi connectivity index (χ1n) is 8.17. The van der Waals surface area contributed by atoms with E-state index in [1.54, 1.807) is 18.3 Å². The van der Waals surface area contributed by atoms with Gasteiger partial charge < -0.3 is 10.2 Å². The average molecular weight is 320 g/mol. The van der Waals surface area contributed by atoms with Crippen molar-refractivity contribution in [2.75, 3.05) is 25.0 Å². The maximum absolute atomic E-state index is 12.2. The SMILES string of the molecule is N#Cc1cccnc1NCC1CC(=O)N(CCc2ccccc2)C1. The molecule has 2 heterocycles. The lowest BCUT2D eigenvalue weighted by molar-refractivity contribution is -0.127. The first kappa shape index (κ1) is 16.0. The minimum Gasteiger partial charge on any atom is -0.369 e. The van der Waals surface area contributed by atoms with Crippen LogP contribution < -0.4 is 5.32 Å². The highest BCUT2D eigenvalue weighted by molar-refractivity contribution is 5.78. The fraction of sp³-hybridized carbons (Fsp3) is 0.316. The lowest BCUT2D eigenvalue weighted by Crippen LogP contribution is -2.28. The molecule has 0 spiro atoms. The molecule has 1 aromatic carbocycles. The minimum absolute atomic E-state index is 0.208. The molecule has 0 bridgehead atoms. The molecule has 1 saturated heterocycles. The van der Waals surface area contributed by atoms with E-state index in [0.29, 0.717) is 24.3 Å². The van der Waals surface area contributed by atoms with Gasteiger partial charge >= 0.3 is 0 Å². The molecule has 1 aliphatic heterocycles. The van der Waals surface area contributed by atoms with Gasteiger partial charge in [-0.05, 0) is 24.1 Å². The van der Waals surface area contributed by atoms with E-state index in [2.05, 4.69) is 28.5 Å². The van der Waals surface area contributed by atoms with Crippen molar-refractivity contribution in [3.05, 3.63) is 59.8 Å². The van der Waals surface area contributed by atoms with Crippen LogP contribution in [0.2, 0.25) is 0 Å². The summed E-state index contributed by atoms with van der Waals surface area (Å²) in [5.74, 6) is 1.05. The van der Waals surface area contributed by atoms with Gasteiger partial charge in [0, 0.05) is 38.2 Å². The zero-order chi connectivity index (χ0) is 16.8. The number of carbonyl (C=O) groups excluding carboxylic acids is 1. The molecule has 0 saturated carbocycles. The highest BCUT2D eigenvalue weighted by atomic mass is 16.2. The molecule has 1 N–H and O–H groups in total. The molecule has 2 aromatic rings. The number of nitrogens with one attached hydrogen (secondary N) is 1. The van der Waals surface area contributed by atoms with Gasteiger partial charge in [0.25, 0.3) is 0 Å². The molecule has 0 aliphatic carbocycles. The number of anilines is 1. The molecule has 1 fully saturated rings. The maximum atomic E-state index is 12.2. The Morgan fingerprint density at radius 2 is 2.08 bits per heavy atom. The van der Waals surface area contributed by atoms with Crippen LogP contribution in [0.25, 0.3) is 0 Å². The van der Waals surface area contributed by atoms with E-state index in [1.807, 2.05) is 23.1 Å². The third-order valence-electron chi connectivity index (χ3n) is 4.29. The van der Waals surface area contributed by atoms with Gasteiger partial charge in [0.05, 0.1) is 5.56 Å². The number of amides is 1. The number of aromatic nitrogens is 1. The van der Waals surface area contributed by atoms with E-state index in [4.69, 9.17) is 5.26 Å². The van der Waals surface area contributed by atoms with Crippen molar-refractivity contribution in [1.82, 2.24) is 9.88 Å². The van der Waals surface area contributed by atoms with Gasteiger partial charge in [-0.25, -0.2) is 4.98 Å². The second kappa shape index (κ2) is 7.60. The Morgan fingerprint density at radius 3 is 2.88 bits per heavy atom. The monoisotopic (exact) mass is 320 g/mol. The predicted octanol–water partition coefficient (Wildman–Crippen LogP) is 2.46. The van der Waals surface area contributed by atoms with E-state index in [1.165, 1.54) is 5.56 Å². The molecular weight excluding hydrogens is 300 g/mol. The van der Waals surface area contributed by atoms with Crippen LogP contribution in [-0.4, -0.2) is 35.4 Å². The Morgan fingerprint density at radius 1 is 1.25 bits per heavy atom. The van der Waals surface area contributed by atoms with Gasteiger partial charge in [0.2, 0.25) is 5.91 Å². The topological polar surface area (TPSA) is 69.0 Å². The van der Waals surface area contributed by atoms with Crippen LogP contribution >= 0.6 is 0 Å². The molecule has 1 aromatic heterocycles. The van der Waals surface area contributed by atoms with Gasteiger partial charge in [-0.3, -0.25) is 4.79 Å². The fourth-order valence-corrected chi connectivity index (χ4v) is 2.99. The zero-order valence-electron chi connectivity index (χ0n) is 13.5. The van der Waals surface area contributed by atoms with E-state index < -0.39 is 0 Å². The normalized spacial score (nSPS) is 16.9. The number of rotatable bonds is 6. The Bertz CT molecular complexity index is 739. The summed E-state index contributed by atoms with van der Waals surface area (Å²) in [6, 6.07) is 15.8. The van der Waals surface area contributed by atoms with Crippen molar-refractivity contribution in [2.24, 2.45) is 5.92 Å². The Kier molecular flexibility index (Phi) is 5.07. The van der Waals surface area contributed by atoms with E-state index >= 15 is 0 Å². The molecule has 1 amide bonds. The van der Waals surface area contributed by atoms with Gasteiger partial charge in [-0.15, -0.1) is 0 Å². The van der Waals surface area contributed by atoms with E-state index in [0.717, 1.165) is 19.5 Å². The number of nitriles is 1. The standard InChI is InChI=1S/C19H20N4O/c20-12-17-7-4-9-21-19(17)22-13-16-11-18(24)23(14-16)10-8-15-5-2-1-3-6-15/h1-7,9,16H,8,10-11,13-14H2,(H,21,22). The van der Waals surface area contributed by atoms with E-state index in [9.17, 15) is 4.79 Å². The maximum Gasteiger partial charge on any atom is 0.223 e. The largest absolute Gasteiger partial charge is 0.369 e. The number of likely N-dealkylation sites (tertiary alicyclic amines) is 1. The molecular formula is C19H20N4O. The summed E-state index contributed by atoms with van der Waals surface area (Å²) < 4.78 is 0. The lowest BCUT2D eigenvalue weighted by atomic mass is 10.1. The summed E-state index contributed by atoms with van der Waals surface area (Å²) in [4.78, 5) is 18.3. The van der Waals surface area contributed by atoms with Gasteiger partial charge in [-0.2, -0.15) is 5.26 Å². The number of hydrogen-bond acceptors (Lipinski definition) is 4. The Hall–Kier alpha value is -2.87. The van der Waals surface area contributed by atoms with Crippen molar-refractivity contribution in [2.45, 2.75) is 12.8 Å². The average Bonchev–Trinajstić information content (AvgIpc) is 2.99. The summed E-state index contributed by atoms with van der Waals surface area (Å²) in [5, 5.41) is 12.3. The van der Waals surface area contributed by atoms with Crippen LogP contribution in [-0.2, 0) is 11.2 Å². The van der Waals surface area contributed by atoms with Crippen LogP contribution in [0.3, 0.4) is 0 Å². The quantitative estimate of drug-likeness (QED) is 0.887. The van der Waals surface area contributed by atoms with Crippen molar-refractivity contribution < 1.29 is 4.79 Å². The molecule has 1 aliphatic rings. The second-order valence-electron chi connectivity index (χ2n) is 6.04. The zero-order valence-corrected chi connectivity index (χ0v) is 13.5. The summed E-state index contributed by atoms with van der Waals surface area (Å²) in [6.07, 6.45) is 3.09. The van der Waals surface area contributed by atoms with Crippen molar-refractivity contribution in [3.8, 4) is 6.07 Å². The molecule has 0 radical (unpaired) electrons. The van der Waals surface area contributed by atoms with Crippen LogP contribution in [0.15, 0.2) is 48.7 Å². The van der Waals surface area contributed by atoms with Gasteiger partial charge in [0.15, 0.2) is 0 Å². The number of benzene rings is 1. The molecule has 24 heavy (non-hydrogen) atoms. The Balaban J connectivity index is 1.50. The molecule has 5 nitrogen and oxygen atoms in total. The smallest absolute Gasteiger partial charge is 0.223 e. The predicted molar refractivity (Wildman–Crippen MR) is 92.3 cm³/mol. The van der Waals surface area contributed by atoms with Crippen LogP contribution in [0.1, 0.15) is 17.5 Å². The number of nitrogens with zero attached hydrogens (tertiary/aromatic N) is 3. The van der Waals surface area contributed by atoms with Crippen molar-refractivity contribution >= 4 is 11.7 Å². The lowest BCUT2D eigenvalue weighted by Gasteiger charge is -2.17. The first-order valence-corrected chi connectivity index (χ1v) is 8.17. The Labute approximate surface area is 141 Å². The highest BCUT2D eigenvalue weighted by Crippen LogP contribution is 2.19. The van der Waals surface area contributed by atoms with Crippen molar-refractivity contribution in [1.29, 1.82) is 5.26 Å². The van der Waals surface area contributed by atoms with Crippen LogP contribution in [0.4, 0.5) is 5.82 Å². The number of hydrogen-bond donors (Lipinski definition) is 1. The second-order valence-corrected chi connectivity index (χ2v) is 6.04. The minimum atomic E-state index is 0.208.